The van der Waals surface area contributed by atoms with Crippen LogP contribution in [-0.2, 0) is 13.0 Å². The maximum absolute atomic E-state index is 13.3. The average Bonchev–Trinajstić information content (AvgIpc) is 3.19. The number of fused-ring (bicyclic) bond motifs is 2. The molecule has 1 saturated heterocycles. The quantitative estimate of drug-likeness (QED) is 0.553. The topological polar surface area (TPSA) is 64.2 Å². The van der Waals surface area contributed by atoms with Crippen molar-refractivity contribution < 1.29 is 9.21 Å². The summed E-state index contributed by atoms with van der Waals surface area (Å²) in [6.07, 6.45) is 6.66. The summed E-state index contributed by atoms with van der Waals surface area (Å²) in [6, 6.07) is 5.86. The van der Waals surface area contributed by atoms with Crippen molar-refractivity contribution >= 4 is 32.8 Å². The van der Waals surface area contributed by atoms with Gasteiger partial charge in [0, 0.05) is 47.4 Å². The van der Waals surface area contributed by atoms with Gasteiger partial charge in [0.2, 0.25) is 0 Å². The van der Waals surface area contributed by atoms with E-state index in [2.05, 4.69) is 30.7 Å². The Hall–Kier alpha value is -2.15. The first-order valence-corrected chi connectivity index (χ1v) is 11.3. The smallest absolute Gasteiger partial charge is 0.289 e. The van der Waals surface area contributed by atoms with Gasteiger partial charge in [0.1, 0.15) is 17.2 Å². The van der Waals surface area contributed by atoms with E-state index >= 15 is 0 Å². The second-order valence-corrected chi connectivity index (χ2v) is 9.14. The Morgan fingerprint density at radius 1 is 1.17 bits per heavy atom. The summed E-state index contributed by atoms with van der Waals surface area (Å²) in [6.45, 7) is 4.40. The summed E-state index contributed by atoms with van der Waals surface area (Å²) < 4.78 is 9.26. The first-order valence-electron chi connectivity index (χ1n) is 10.5. The highest BCUT2D eigenvalue weighted by molar-refractivity contribution is 9.10. The number of furan rings is 1. The monoisotopic (exact) mass is 456 g/mol. The Morgan fingerprint density at radius 3 is 2.97 bits per heavy atom. The largest absolute Gasteiger partial charge is 0.451 e. The molecular weight excluding hydrogens is 432 g/mol. The van der Waals surface area contributed by atoms with Crippen LogP contribution in [0.4, 0.5) is 0 Å². The van der Waals surface area contributed by atoms with Gasteiger partial charge in [-0.1, -0.05) is 22.4 Å². The van der Waals surface area contributed by atoms with Gasteiger partial charge in [0.15, 0.2) is 5.76 Å². The molecule has 1 unspecified atom stereocenters. The van der Waals surface area contributed by atoms with Gasteiger partial charge in [0.25, 0.3) is 5.91 Å². The lowest BCUT2D eigenvalue weighted by Gasteiger charge is -2.32. The van der Waals surface area contributed by atoms with Crippen molar-refractivity contribution in [1.29, 1.82) is 0 Å². The van der Waals surface area contributed by atoms with E-state index in [1.165, 1.54) is 19.3 Å². The maximum atomic E-state index is 13.3. The number of benzene rings is 1. The van der Waals surface area contributed by atoms with E-state index in [0.29, 0.717) is 12.3 Å². The molecule has 4 heterocycles. The minimum absolute atomic E-state index is 0.0184. The fourth-order valence-electron chi connectivity index (χ4n) is 4.72. The number of likely N-dealkylation sites (tertiary alicyclic amines) is 1. The predicted octanol–water partition coefficient (Wildman–Crippen LogP) is 4.84. The lowest BCUT2D eigenvalue weighted by atomic mass is 9.96. The van der Waals surface area contributed by atoms with Crippen molar-refractivity contribution in [3.63, 3.8) is 0 Å². The number of hydrogen-bond acceptors (Lipinski definition) is 4. The zero-order valence-corrected chi connectivity index (χ0v) is 18.2. The molecule has 0 radical (unpaired) electrons. The molecule has 7 heteroatoms. The fourth-order valence-corrected chi connectivity index (χ4v) is 5.08. The lowest BCUT2D eigenvalue weighted by Crippen LogP contribution is -2.40. The second-order valence-electron chi connectivity index (χ2n) is 8.22. The Morgan fingerprint density at radius 2 is 2.07 bits per heavy atom. The summed E-state index contributed by atoms with van der Waals surface area (Å²) in [5.74, 6) is 2.85. The van der Waals surface area contributed by atoms with Crippen LogP contribution < -0.4 is 0 Å². The SMILES string of the molecule is Cc1c(C(=O)N2CCCC(c3nnc4n3CCCCC4)C2)oc2ccc(Br)cc12. The van der Waals surface area contributed by atoms with Crippen LogP contribution in [0.3, 0.4) is 0 Å². The molecule has 3 aromatic rings. The summed E-state index contributed by atoms with van der Waals surface area (Å²) >= 11 is 3.50. The third-order valence-corrected chi connectivity index (χ3v) is 6.80. The van der Waals surface area contributed by atoms with Gasteiger partial charge in [-0.05, 0) is 50.8 Å². The number of halogens is 1. The van der Waals surface area contributed by atoms with E-state index in [-0.39, 0.29) is 11.8 Å². The molecule has 1 amide bonds. The van der Waals surface area contributed by atoms with Crippen LogP contribution >= 0.6 is 15.9 Å². The van der Waals surface area contributed by atoms with Crippen LogP contribution in [0.1, 0.15) is 65.8 Å². The highest BCUT2D eigenvalue weighted by Crippen LogP contribution is 2.32. The third-order valence-electron chi connectivity index (χ3n) is 6.30. The van der Waals surface area contributed by atoms with Gasteiger partial charge < -0.3 is 13.9 Å². The highest BCUT2D eigenvalue weighted by atomic mass is 79.9. The molecule has 0 bridgehead atoms. The summed E-state index contributed by atoms with van der Waals surface area (Å²) in [4.78, 5) is 15.2. The van der Waals surface area contributed by atoms with Gasteiger partial charge in [-0.15, -0.1) is 10.2 Å². The molecule has 0 N–H and O–H groups in total. The molecular formula is C22H25BrN4O2. The molecule has 0 spiro atoms. The highest BCUT2D eigenvalue weighted by Gasteiger charge is 2.32. The van der Waals surface area contributed by atoms with Crippen LogP contribution in [-0.4, -0.2) is 38.7 Å². The maximum Gasteiger partial charge on any atom is 0.289 e. The zero-order valence-electron chi connectivity index (χ0n) is 16.7. The molecule has 2 aliphatic rings. The van der Waals surface area contributed by atoms with Crippen LogP contribution in [0, 0.1) is 6.92 Å². The number of aromatic nitrogens is 3. The van der Waals surface area contributed by atoms with Crippen molar-refractivity contribution in [3.8, 4) is 0 Å². The molecule has 0 aliphatic carbocycles. The molecule has 0 saturated carbocycles. The Kier molecular flexibility index (Phi) is 4.94. The first-order chi connectivity index (χ1) is 14.1. The Bertz CT molecular complexity index is 1070. The number of amides is 1. The van der Waals surface area contributed by atoms with Crippen LogP contribution in [0.15, 0.2) is 27.1 Å². The number of carbonyl (C=O) groups excluding carboxylic acids is 1. The normalized spacial score (nSPS) is 19.9. The Balaban J connectivity index is 1.41. The molecule has 5 rings (SSSR count). The third kappa shape index (κ3) is 3.39. The van der Waals surface area contributed by atoms with Gasteiger partial charge in [-0.25, -0.2) is 0 Å². The molecule has 1 aromatic carbocycles. The van der Waals surface area contributed by atoms with E-state index in [1.807, 2.05) is 30.0 Å². The van der Waals surface area contributed by atoms with E-state index < -0.39 is 0 Å². The van der Waals surface area contributed by atoms with Crippen molar-refractivity contribution in [1.82, 2.24) is 19.7 Å². The number of rotatable bonds is 2. The number of carbonyl (C=O) groups is 1. The number of aryl methyl sites for hydroxylation is 2. The minimum atomic E-state index is -0.0184. The average molecular weight is 457 g/mol. The van der Waals surface area contributed by atoms with E-state index in [4.69, 9.17) is 4.42 Å². The van der Waals surface area contributed by atoms with Gasteiger partial charge in [0.05, 0.1) is 0 Å². The molecule has 1 fully saturated rings. The number of hydrogen-bond donors (Lipinski definition) is 0. The second kappa shape index (κ2) is 7.59. The van der Waals surface area contributed by atoms with Crippen LogP contribution in [0.5, 0.6) is 0 Å². The van der Waals surface area contributed by atoms with Crippen molar-refractivity contribution in [2.24, 2.45) is 0 Å². The van der Waals surface area contributed by atoms with Crippen molar-refractivity contribution in [2.45, 2.75) is 57.9 Å². The Labute approximate surface area is 178 Å². The van der Waals surface area contributed by atoms with E-state index in [1.54, 1.807) is 0 Å². The standard InChI is InChI=1S/C22H25BrN4O2/c1-14-17-12-16(23)8-9-18(17)29-20(14)22(28)26-10-5-6-15(13-26)21-25-24-19-7-3-2-4-11-27(19)21/h8-9,12,15H,2-7,10-11,13H2,1H3. The van der Waals surface area contributed by atoms with E-state index in [9.17, 15) is 4.79 Å². The van der Waals surface area contributed by atoms with Gasteiger partial charge >= 0.3 is 0 Å². The molecule has 2 aromatic heterocycles. The van der Waals surface area contributed by atoms with E-state index in [0.717, 1.165) is 65.0 Å². The number of piperidine rings is 1. The summed E-state index contributed by atoms with van der Waals surface area (Å²) in [5.41, 5.74) is 1.66. The first kappa shape index (κ1) is 18.9. The van der Waals surface area contributed by atoms with Crippen molar-refractivity contribution in [3.05, 3.63) is 45.6 Å². The van der Waals surface area contributed by atoms with Gasteiger partial charge in [-0.2, -0.15) is 0 Å². The summed E-state index contributed by atoms with van der Waals surface area (Å²) in [5, 5.41) is 9.98. The summed E-state index contributed by atoms with van der Waals surface area (Å²) in [7, 11) is 0. The minimum Gasteiger partial charge on any atom is -0.451 e. The van der Waals surface area contributed by atoms with Gasteiger partial charge in [-0.3, -0.25) is 4.79 Å². The molecule has 2 aliphatic heterocycles. The fraction of sp³-hybridized carbons (Fsp3) is 0.500. The molecule has 1 atom stereocenters. The van der Waals surface area contributed by atoms with Crippen LogP contribution in [0.25, 0.3) is 11.0 Å². The molecule has 6 nitrogen and oxygen atoms in total. The lowest BCUT2D eigenvalue weighted by molar-refractivity contribution is 0.0672. The molecule has 152 valence electrons. The zero-order chi connectivity index (χ0) is 20.0. The number of nitrogens with zero attached hydrogens (tertiary/aromatic N) is 4. The van der Waals surface area contributed by atoms with Crippen LogP contribution in [0.2, 0.25) is 0 Å². The predicted molar refractivity (Wildman–Crippen MR) is 114 cm³/mol. The molecule has 29 heavy (non-hydrogen) atoms. The van der Waals surface area contributed by atoms with Crippen molar-refractivity contribution in [2.75, 3.05) is 13.1 Å².